The second kappa shape index (κ2) is 6.89. The van der Waals surface area contributed by atoms with Crippen molar-refractivity contribution >= 4 is 11.6 Å². The standard InChI is InChI=1S/C17H26N2O/c1-13-7-8-14(2)16(12-13)18-17(20)10-9-15-6-4-5-11-19(15)3/h7-8,12,15H,4-6,9-11H2,1-3H3,(H,18,20). The molecule has 1 atom stereocenters. The highest BCUT2D eigenvalue weighted by atomic mass is 16.1. The molecule has 0 bridgehead atoms. The van der Waals surface area contributed by atoms with E-state index in [1.807, 2.05) is 19.9 Å². The topological polar surface area (TPSA) is 32.3 Å². The first-order valence-corrected chi connectivity index (χ1v) is 7.63. The highest BCUT2D eigenvalue weighted by Gasteiger charge is 2.19. The Kier molecular flexibility index (Phi) is 5.18. The maximum atomic E-state index is 12.1. The summed E-state index contributed by atoms with van der Waals surface area (Å²) >= 11 is 0. The number of carbonyl (C=O) groups is 1. The zero-order valence-corrected chi connectivity index (χ0v) is 12.9. The van der Waals surface area contributed by atoms with E-state index >= 15 is 0 Å². The molecule has 20 heavy (non-hydrogen) atoms. The summed E-state index contributed by atoms with van der Waals surface area (Å²) in [6.45, 7) is 5.25. The van der Waals surface area contributed by atoms with Crippen LogP contribution in [-0.2, 0) is 4.79 Å². The van der Waals surface area contributed by atoms with E-state index in [4.69, 9.17) is 0 Å². The third-order valence-corrected chi connectivity index (χ3v) is 4.29. The lowest BCUT2D eigenvalue weighted by molar-refractivity contribution is -0.116. The Morgan fingerprint density at radius 2 is 2.15 bits per heavy atom. The van der Waals surface area contributed by atoms with Crippen molar-refractivity contribution in [1.29, 1.82) is 0 Å². The largest absolute Gasteiger partial charge is 0.326 e. The van der Waals surface area contributed by atoms with Crippen molar-refractivity contribution < 1.29 is 4.79 Å². The molecular formula is C17H26N2O. The van der Waals surface area contributed by atoms with Gasteiger partial charge in [-0.15, -0.1) is 0 Å². The van der Waals surface area contributed by atoms with Gasteiger partial charge < -0.3 is 10.2 Å². The van der Waals surface area contributed by atoms with Crippen LogP contribution in [-0.4, -0.2) is 30.4 Å². The quantitative estimate of drug-likeness (QED) is 0.911. The fourth-order valence-corrected chi connectivity index (χ4v) is 2.89. The molecule has 1 amide bonds. The predicted molar refractivity (Wildman–Crippen MR) is 84.0 cm³/mol. The van der Waals surface area contributed by atoms with Crippen LogP contribution in [0.2, 0.25) is 0 Å². The van der Waals surface area contributed by atoms with Crippen LogP contribution >= 0.6 is 0 Å². The van der Waals surface area contributed by atoms with Gasteiger partial charge in [0.05, 0.1) is 0 Å². The van der Waals surface area contributed by atoms with Gasteiger partial charge in [0, 0.05) is 18.2 Å². The van der Waals surface area contributed by atoms with Gasteiger partial charge in [0.15, 0.2) is 0 Å². The molecule has 3 nitrogen and oxygen atoms in total. The molecular weight excluding hydrogens is 248 g/mol. The SMILES string of the molecule is Cc1ccc(C)c(NC(=O)CCC2CCCCN2C)c1. The van der Waals surface area contributed by atoms with Crippen molar-refractivity contribution in [3.63, 3.8) is 0 Å². The Hall–Kier alpha value is -1.35. The lowest BCUT2D eigenvalue weighted by atomic mass is 9.98. The number of rotatable bonds is 4. The molecule has 0 aliphatic carbocycles. The van der Waals surface area contributed by atoms with Gasteiger partial charge >= 0.3 is 0 Å². The molecule has 1 N–H and O–H groups in total. The molecule has 0 aromatic heterocycles. The van der Waals surface area contributed by atoms with Crippen molar-refractivity contribution in [2.75, 3.05) is 18.9 Å². The molecule has 1 saturated heterocycles. The third-order valence-electron chi connectivity index (χ3n) is 4.29. The van der Waals surface area contributed by atoms with Gasteiger partial charge in [-0.1, -0.05) is 18.6 Å². The Morgan fingerprint density at radius 3 is 2.90 bits per heavy atom. The van der Waals surface area contributed by atoms with Crippen LogP contribution in [0.5, 0.6) is 0 Å². The van der Waals surface area contributed by atoms with E-state index in [1.165, 1.54) is 31.4 Å². The normalized spacial score (nSPS) is 19.9. The number of amides is 1. The number of carbonyl (C=O) groups excluding carboxylic acids is 1. The van der Waals surface area contributed by atoms with Gasteiger partial charge in [-0.25, -0.2) is 0 Å². The van der Waals surface area contributed by atoms with Gasteiger partial charge in [0.2, 0.25) is 5.91 Å². The first kappa shape index (κ1) is 15.0. The van der Waals surface area contributed by atoms with Crippen molar-refractivity contribution in [3.8, 4) is 0 Å². The highest BCUT2D eigenvalue weighted by Crippen LogP contribution is 2.20. The van der Waals surface area contributed by atoms with E-state index in [0.29, 0.717) is 12.5 Å². The number of hydrogen-bond acceptors (Lipinski definition) is 2. The molecule has 1 aromatic rings. The second-order valence-electron chi connectivity index (χ2n) is 6.04. The lowest BCUT2D eigenvalue weighted by Gasteiger charge is -2.32. The number of anilines is 1. The first-order valence-electron chi connectivity index (χ1n) is 7.63. The van der Waals surface area contributed by atoms with E-state index in [0.717, 1.165) is 17.7 Å². The summed E-state index contributed by atoms with van der Waals surface area (Å²) in [5, 5.41) is 3.05. The zero-order valence-electron chi connectivity index (χ0n) is 12.9. The first-order chi connectivity index (χ1) is 9.56. The summed E-state index contributed by atoms with van der Waals surface area (Å²) in [7, 11) is 2.17. The number of nitrogens with one attached hydrogen (secondary N) is 1. The summed E-state index contributed by atoms with van der Waals surface area (Å²) in [6, 6.07) is 6.75. The molecule has 2 rings (SSSR count). The molecule has 0 spiro atoms. The minimum absolute atomic E-state index is 0.137. The Balaban J connectivity index is 1.84. The van der Waals surface area contributed by atoms with Crippen LogP contribution in [0.4, 0.5) is 5.69 Å². The summed E-state index contributed by atoms with van der Waals surface area (Å²) in [6.07, 6.45) is 5.40. The summed E-state index contributed by atoms with van der Waals surface area (Å²) in [5.74, 6) is 0.137. The molecule has 1 unspecified atom stereocenters. The van der Waals surface area contributed by atoms with E-state index in [9.17, 15) is 4.79 Å². The second-order valence-corrected chi connectivity index (χ2v) is 6.04. The van der Waals surface area contributed by atoms with E-state index < -0.39 is 0 Å². The monoisotopic (exact) mass is 274 g/mol. The maximum Gasteiger partial charge on any atom is 0.224 e. The van der Waals surface area contributed by atoms with Crippen LogP contribution in [0, 0.1) is 13.8 Å². The number of nitrogens with zero attached hydrogens (tertiary/aromatic N) is 1. The minimum Gasteiger partial charge on any atom is -0.326 e. The Morgan fingerprint density at radius 1 is 1.35 bits per heavy atom. The number of piperidine rings is 1. The average Bonchev–Trinajstić information content (AvgIpc) is 2.42. The molecule has 1 heterocycles. The van der Waals surface area contributed by atoms with Crippen LogP contribution in [0.1, 0.15) is 43.2 Å². The van der Waals surface area contributed by atoms with Crippen LogP contribution in [0.3, 0.4) is 0 Å². The molecule has 0 saturated carbocycles. The van der Waals surface area contributed by atoms with Crippen molar-refractivity contribution in [3.05, 3.63) is 29.3 Å². The van der Waals surface area contributed by atoms with Gasteiger partial charge in [-0.05, 0) is 63.9 Å². The predicted octanol–water partition coefficient (Wildman–Crippen LogP) is 3.51. The maximum absolute atomic E-state index is 12.1. The Labute approximate surface area is 122 Å². The van der Waals surface area contributed by atoms with Gasteiger partial charge in [-0.2, -0.15) is 0 Å². The molecule has 1 aliphatic heterocycles. The van der Waals surface area contributed by atoms with Gasteiger partial charge in [0.25, 0.3) is 0 Å². The fraction of sp³-hybridized carbons (Fsp3) is 0.588. The van der Waals surface area contributed by atoms with Crippen molar-refractivity contribution in [1.82, 2.24) is 4.90 Å². The van der Waals surface area contributed by atoms with Crippen molar-refractivity contribution in [2.24, 2.45) is 0 Å². The zero-order chi connectivity index (χ0) is 14.5. The summed E-state index contributed by atoms with van der Waals surface area (Å²) < 4.78 is 0. The van der Waals surface area contributed by atoms with E-state index in [-0.39, 0.29) is 5.91 Å². The van der Waals surface area contributed by atoms with Gasteiger partial charge in [-0.3, -0.25) is 4.79 Å². The molecule has 1 fully saturated rings. The molecule has 0 radical (unpaired) electrons. The summed E-state index contributed by atoms with van der Waals surface area (Å²) in [5.41, 5.74) is 3.25. The molecule has 1 aliphatic rings. The molecule has 3 heteroatoms. The van der Waals surface area contributed by atoms with Crippen LogP contribution in [0.15, 0.2) is 18.2 Å². The minimum atomic E-state index is 0.137. The third kappa shape index (κ3) is 4.07. The summed E-state index contributed by atoms with van der Waals surface area (Å²) in [4.78, 5) is 14.5. The van der Waals surface area contributed by atoms with Crippen molar-refractivity contribution in [2.45, 2.75) is 52.0 Å². The smallest absolute Gasteiger partial charge is 0.224 e. The molecule has 1 aromatic carbocycles. The Bertz CT molecular complexity index is 470. The fourth-order valence-electron chi connectivity index (χ4n) is 2.89. The van der Waals surface area contributed by atoms with Crippen LogP contribution < -0.4 is 5.32 Å². The number of aryl methyl sites for hydroxylation is 2. The van der Waals surface area contributed by atoms with E-state index in [1.54, 1.807) is 0 Å². The van der Waals surface area contributed by atoms with Crippen LogP contribution in [0.25, 0.3) is 0 Å². The molecule has 110 valence electrons. The van der Waals surface area contributed by atoms with E-state index in [2.05, 4.69) is 29.4 Å². The highest BCUT2D eigenvalue weighted by molar-refractivity contribution is 5.91. The lowest BCUT2D eigenvalue weighted by Crippen LogP contribution is -2.36. The average molecular weight is 274 g/mol. The number of benzene rings is 1. The number of likely N-dealkylation sites (tertiary alicyclic amines) is 1. The number of hydrogen-bond donors (Lipinski definition) is 1. The van der Waals surface area contributed by atoms with Gasteiger partial charge in [0.1, 0.15) is 0 Å².